The van der Waals surface area contributed by atoms with Crippen molar-refractivity contribution in [1.82, 2.24) is 10.4 Å². The van der Waals surface area contributed by atoms with E-state index in [-0.39, 0.29) is 11.3 Å². The Labute approximate surface area is 61.4 Å². The minimum atomic E-state index is -0.167. The highest BCUT2D eigenvalue weighted by Gasteiger charge is 2.33. The molecule has 1 heterocycles. The Kier molecular flexibility index (Phi) is 1.68. The molecule has 0 aliphatic carbocycles. The third kappa shape index (κ3) is 1.14. The Morgan fingerprint density at radius 2 is 2.20 bits per heavy atom. The molecule has 0 aromatic carbocycles. The molecule has 1 N–H and O–H groups in total. The highest BCUT2D eigenvalue weighted by molar-refractivity contribution is 5.81. The summed E-state index contributed by atoms with van der Waals surface area (Å²) in [6.07, 6.45) is 0.927. The monoisotopic (exact) mass is 142 g/mol. The van der Waals surface area contributed by atoms with E-state index in [0.717, 1.165) is 13.0 Å². The van der Waals surface area contributed by atoms with Crippen LogP contribution in [0.4, 0.5) is 0 Å². The predicted octanol–water partition coefficient (Wildman–Crippen LogP) is 0.379. The maximum absolute atomic E-state index is 11.3. The van der Waals surface area contributed by atoms with Gasteiger partial charge in [0.25, 0.3) is 0 Å². The number of nitrogens with zero attached hydrogens (tertiary/aromatic N) is 1. The van der Waals surface area contributed by atoms with Gasteiger partial charge in [-0.1, -0.05) is 13.8 Å². The number of rotatable bonds is 0. The number of hydrogen-bond donors (Lipinski definition) is 1. The number of nitrogens with one attached hydrogen (secondary N) is 1. The smallest absolute Gasteiger partial charge is 0.242 e. The van der Waals surface area contributed by atoms with Crippen molar-refractivity contribution in [3.8, 4) is 0 Å². The number of carbonyl (C=O) groups is 1. The zero-order valence-corrected chi connectivity index (χ0v) is 6.77. The van der Waals surface area contributed by atoms with Crippen molar-refractivity contribution in [2.24, 2.45) is 5.41 Å². The molecule has 1 rings (SSSR count). The molecule has 0 bridgehead atoms. The first-order chi connectivity index (χ1) is 4.54. The normalized spacial score (nSPS) is 25.1. The van der Waals surface area contributed by atoms with Crippen LogP contribution in [0.1, 0.15) is 20.3 Å². The molecule has 0 aromatic rings. The highest BCUT2D eigenvalue weighted by atomic mass is 16.2. The molecule has 1 fully saturated rings. The van der Waals surface area contributed by atoms with Gasteiger partial charge in [-0.2, -0.15) is 0 Å². The summed E-state index contributed by atoms with van der Waals surface area (Å²) >= 11 is 0. The van der Waals surface area contributed by atoms with Crippen molar-refractivity contribution in [3.05, 3.63) is 0 Å². The van der Waals surface area contributed by atoms with Crippen LogP contribution in [0.3, 0.4) is 0 Å². The molecule has 0 aromatic heterocycles. The van der Waals surface area contributed by atoms with Gasteiger partial charge in [0.1, 0.15) is 0 Å². The summed E-state index contributed by atoms with van der Waals surface area (Å²) in [6.45, 7) is 4.86. The largest absolute Gasteiger partial charge is 0.281 e. The molecule has 1 amide bonds. The first-order valence-electron chi connectivity index (χ1n) is 3.56. The maximum atomic E-state index is 11.3. The van der Waals surface area contributed by atoms with Crippen molar-refractivity contribution < 1.29 is 4.79 Å². The third-order valence-corrected chi connectivity index (χ3v) is 1.98. The van der Waals surface area contributed by atoms with Gasteiger partial charge in [-0.3, -0.25) is 9.80 Å². The average Bonchev–Trinajstić information content (AvgIpc) is 1.83. The van der Waals surface area contributed by atoms with Crippen LogP contribution in [0, 0.1) is 5.41 Å². The number of carbonyl (C=O) groups excluding carboxylic acids is 1. The summed E-state index contributed by atoms with van der Waals surface area (Å²) in [5.74, 6) is 0.179. The Bertz CT molecular complexity index is 154. The van der Waals surface area contributed by atoms with E-state index >= 15 is 0 Å². The average molecular weight is 142 g/mol. The second-order valence-electron chi connectivity index (χ2n) is 3.41. The summed E-state index contributed by atoms with van der Waals surface area (Å²) in [4.78, 5) is 11.3. The van der Waals surface area contributed by atoms with Crippen LogP contribution in [0.5, 0.6) is 0 Å². The number of amides is 1. The van der Waals surface area contributed by atoms with Gasteiger partial charge >= 0.3 is 0 Å². The minimum absolute atomic E-state index is 0.167. The van der Waals surface area contributed by atoms with E-state index in [1.165, 1.54) is 0 Å². The molecule has 0 radical (unpaired) electrons. The van der Waals surface area contributed by atoms with Crippen LogP contribution in [0.25, 0.3) is 0 Å². The van der Waals surface area contributed by atoms with Crippen LogP contribution in [-0.2, 0) is 4.79 Å². The molecule has 0 unspecified atom stereocenters. The van der Waals surface area contributed by atoms with Gasteiger partial charge in [-0.05, 0) is 6.42 Å². The molecule has 1 aliphatic heterocycles. The topological polar surface area (TPSA) is 32.3 Å². The molecule has 3 nitrogen and oxygen atoms in total. The summed E-state index contributed by atoms with van der Waals surface area (Å²) < 4.78 is 0. The lowest BCUT2D eigenvalue weighted by Crippen LogP contribution is -2.52. The van der Waals surface area contributed by atoms with Gasteiger partial charge in [-0.15, -0.1) is 0 Å². The number of hydrogen-bond acceptors (Lipinski definition) is 2. The second kappa shape index (κ2) is 2.23. The van der Waals surface area contributed by atoms with E-state index in [0.29, 0.717) is 0 Å². The molecule has 0 spiro atoms. The first kappa shape index (κ1) is 7.54. The second-order valence-corrected chi connectivity index (χ2v) is 3.41. The molecule has 58 valence electrons. The Hall–Kier alpha value is -0.570. The number of hydrazine groups is 1. The van der Waals surface area contributed by atoms with Gasteiger partial charge in [0.05, 0.1) is 0 Å². The fraction of sp³-hybridized carbons (Fsp3) is 0.857. The Balaban J connectivity index is 2.70. The van der Waals surface area contributed by atoms with E-state index in [1.807, 2.05) is 13.8 Å². The molecule has 10 heavy (non-hydrogen) atoms. The lowest BCUT2D eigenvalue weighted by molar-refractivity contribution is -0.146. The standard InChI is InChI=1S/C7H14N2O/c1-7(2)4-5-8-9(3)6(7)10/h8H,4-5H2,1-3H3. The van der Waals surface area contributed by atoms with Crippen molar-refractivity contribution in [1.29, 1.82) is 0 Å². The molecular weight excluding hydrogens is 128 g/mol. The van der Waals surface area contributed by atoms with E-state index in [1.54, 1.807) is 12.1 Å². The lowest BCUT2D eigenvalue weighted by Gasteiger charge is -2.35. The Morgan fingerprint density at radius 3 is 2.60 bits per heavy atom. The van der Waals surface area contributed by atoms with Crippen LogP contribution >= 0.6 is 0 Å². The van der Waals surface area contributed by atoms with E-state index < -0.39 is 0 Å². The fourth-order valence-corrected chi connectivity index (χ4v) is 1.17. The maximum Gasteiger partial charge on any atom is 0.242 e. The fourth-order valence-electron chi connectivity index (χ4n) is 1.17. The van der Waals surface area contributed by atoms with E-state index in [9.17, 15) is 4.79 Å². The van der Waals surface area contributed by atoms with E-state index in [2.05, 4.69) is 5.43 Å². The first-order valence-corrected chi connectivity index (χ1v) is 3.56. The van der Waals surface area contributed by atoms with E-state index in [4.69, 9.17) is 0 Å². The van der Waals surface area contributed by atoms with Crippen molar-refractivity contribution in [2.45, 2.75) is 20.3 Å². The minimum Gasteiger partial charge on any atom is -0.281 e. The van der Waals surface area contributed by atoms with Crippen LogP contribution in [-0.4, -0.2) is 24.5 Å². The summed E-state index contributed by atoms with van der Waals surface area (Å²) in [5.41, 5.74) is 2.80. The van der Waals surface area contributed by atoms with Gasteiger partial charge in [-0.25, -0.2) is 5.43 Å². The molecule has 3 heteroatoms. The summed E-state index contributed by atoms with van der Waals surface area (Å²) in [7, 11) is 1.77. The van der Waals surface area contributed by atoms with Gasteiger partial charge < -0.3 is 0 Å². The molecule has 1 saturated heterocycles. The van der Waals surface area contributed by atoms with Gasteiger partial charge in [0.2, 0.25) is 5.91 Å². The SMILES string of the molecule is CN1NCCC(C)(C)C1=O. The van der Waals surface area contributed by atoms with Crippen molar-refractivity contribution in [3.63, 3.8) is 0 Å². The molecular formula is C7H14N2O. The van der Waals surface area contributed by atoms with Crippen LogP contribution < -0.4 is 5.43 Å². The molecule has 1 aliphatic rings. The third-order valence-electron chi connectivity index (χ3n) is 1.98. The Morgan fingerprint density at radius 1 is 1.60 bits per heavy atom. The molecule has 0 saturated carbocycles. The van der Waals surface area contributed by atoms with Crippen LogP contribution in [0.2, 0.25) is 0 Å². The van der Waals surface area contributed by atoms with Gasteiger partial charge in [0, 0.05) is 19.0 Å². The zero-order valence-electron chi connectivity index (χ0n) is 6.77. The lowest BCUT2D eigenvalue weighted by atomic mass is 9.87. The summed E-state index contributed by atoms with van der Waals surface area (Å²) in [6, 6.07) is 0. The zero-order chi connectivity index (χ0) is 7.78. The van der Waals surface area contributed by atoms with Crippen LogP contribution in [0.15, 0.2) is 0 Å². The van der Waals surface area contributed by atoms with Crippen molar-refractivity contribution >= 4 is 5.91 Å². The van der Waals surface area contributed by atoms with Crippen molar-refractivity contribution in [2.75, 3.05) is 13.6 Å². The highest BCUT2D eigenvalue weighted by Crippen LogP contribution is 2.24. The summed E-state index contributed by atoms with van der Waals surface area (Å²) in [5, 5.41) is 1.57. The quantitative estimate of drug-likeness (QED) is 0.530. The predicted molar refractivity (Wildman–Crippen MR) is 39.2 cm³/mol. The molecule has 0 atom stereocenters. The van der Waals surface area contributed by atoms with Gasteiger partial charge in [0.15, 0.2) is 0 Å².